The number of methoxy groups -OCH3 is 2. The van der Waals surface area contributed by atoms with Crippen molar-refractivity contribution in [1.29, 1.82) is 10.5 Å². The lowest BCUT2D eigenvalue weighted by Gasteiger charge is -2.66. The third-order valence-electron chi connectivity index (χ3n) is 7.11. The number of rotatable bonds is 2. The summed E-state index contributed by atoms with van der Waals surface area (Å²) in [5.74, 6) is -1.83. The SMILES string of the molecule is COC(=O)C1=C(C(=O)OC)[C@H]2[C@@H]1N(C)CC1[C@@H]3CN(C)[C@@H](C=C3C#N)[C@]12C#N. The first kappa shape index (κ1) is 18.7. The van der Waals surface area contributed by atoms with Crippen LogP contribution in [0, 0.1) is 45.8 Å². The minimum absolute atomic E-state index is 0.0795. The number of esters is 2. The highest BCUT2D eigenvalue weighted by Crippen LogP contribution is 2.63. The molecule has 2 bridgehead atoms. The summed E-state index contributed by atoms with van der Waals surface area (Å²) in [6, 6.07) is 4.16. The highest BCUT2D eigenvalue weighted by atomic mass is 16.5. The van der Waals surface area contributed by atoms with Crippen LogP contribution in [0.4, 0.5) is 0 Å². The number of nitriles is 2. The quantitative estimate of drug-likeness (QED) is 0.619. The smallest absolute Gasteiger partial charge is 0.335 e. The molecule has 28 heavy (non-hydrogen) atoms. The molecule has 8 nitrogen and oxygen atoms in total. The molecule has 0 N–H and O–H groups in total. The van der Waals surface area contributed by atoms with Crippen LogP contribution in [0.25, 0.3) is 0 Å². The van der Waals surface area contributed by atoms with Crippen LogP contribution >= 0.6 is 0 Å². The Bertz CT molecular complexity index is 910. The second-order valence-corrected chi connectivity index (χ2v) is 8.05. The van der Waals surface area contributed by atoms with Crippen LogP contribution in [-0.2, 0) is 19.1 Å². The van der Waals surface area contributed by atoms with E-state index in [9.17, 15) is 20.1 Å². The van der Waals surface area contributed by atoms with Gasteiger partial charge in [-0.25, -0.2) is 9.59 Å². The molecule has 3 heterocycles. The van der Waals surface area contributed by atoms with Gasteiger partial charge in [-0.2, -0.15) is 10.5 Å². The minimum atomic E-state index is -0.907. The second kappa shape index (κ2) is 6.16. The van der Waals surface area contributed by atoms with Gasteiger partial charge in [0.05, 0.1) is 49.0 Å². The van der Waals surface area contributed by atoms with Gasteiger partial charge in [-0.05, 0) is 14.1 Å². The lowest BCUT2D eigenvalue weighted by molar-refractivity contribution is -0.152. The number of carbonyl (C=O) groups excluding carboxylic acids is 2. The largest absolute Gasteiger partial charge is 0.466 e. The average molecular weight is 382 g/mol. The van der Waals surface area contributed by atoms with E-state index < -0.39 is 23.3 Å². The second-order valence-electron chi connectivity index (χ2n) is 8.05. The molecular formula is C20H22N4O4. The Hall–Kier alpha value is -2.68. The molecule has 0 aromatic rings. The Labute approximate surface area is 163 Å². The van der Waals surface area contributed by atoms with Gasteiger partial charge < -0.3 is 9.47 Å². The zero-order valence-corrected chi connectivity index (χ0v) is 16.3. The van der Waals surface area contributed by atoms with E-state index >= 15 is 0 Å². The van der Waals surface area contributed by atoms with Crippen molar-refractivity contribution in [3.05, 3.63) is 22.8 Å². The van der Waals surface area contributed by atoms with E-state index in [-0.39, 0.29) is 35.1 Å². The number of hydrogen-bond acceptors (Lipinski definition) is 8. The monoisotopic (exact) mass is 382 g/mol. The van der Waals surface area contributed by atoms with Crippen molar-refractivity contribution >= 4 is 11.9 Å². The van der Waals surface area contributed by atoms with Gasteiger partial charge in [-0.1, -0.05) is 6.08 Å². The molecule has 0 saturated carbocycles. The predicted molar refractivity (Wildman–Crippen MR) is 96.1 cm³/mol. The average Bonchev–Trinajstić information content (AvgIpc) is 2.68. The number of nitrogens with zero attached hydrogens (tertiary/aromatic N) is 4. The Kier molecular flexibility index (Phi) is 4.11. The molecule has 5 aliphatic rings. The summed E-state index contributed by atoms with van der Waals surface area (Å²) in [4.78, 5) is 29.2. The molecule has 1 unspecified atom stereocenters. The normalized spacial score (nSPS) is 38.9. The van der Waals surface area contributed by atoms with Gasteiger partial charge in [0.15, 0.2) is 0 Å². The Morgan fingerprint density at radius 3 is 2.32 bits per heavy atom. The van der Waals surface area contributed by atoms with Crippen LogP contribution in [0.15, 0.2) is 22.8 Å². The van der Waals surface area contributed by atoms with Gasteiger partial charge >= 0.3 is 11.9 Å². The van der Waals surface area contributed by atoms with E-state index in [0.717, 1.165) is 0 Å². The third-order valence-corrected chi connectivity index (χ3v) is 7.11. The zero-order valence-electron chi connectivity index (χ0n) is 16.3. The van der Waals surface area contributed by atoms with Crippen molar-refractivity contribution in [2.45, 2.75) is 12.1 Å². The number of piperidine rings is 2. The van der Waals surface area contributed by atoms with Crippen LogP contribution in [0.3, 0.4) is 0 Å². The third kappa shape index (κ3) is 1.99. The molecule has 0 amide bonds. The Balaban J connectivity index is 1.94. The summed E-state index contributed by atoms with van der Waals surface area (Å²) in [7, 11) is 6.37. The number of hydrogen-bond donors (Lipinski definition) is 0. The number of likely N-dealkylation sites (N-methyl/N-ethyl adjacent to an activating group) is 2. The van der Waals surface area contributed by atoms with E-state index in [0.29, 0.717) is 18.7 Å². The van der Waals surface area contributed by atoms with Gasteiger partial charge in [-0.15, -0.1) is 0 Å². The van der Waals surface area contributed by atoms with Crippen LogP contribution in [0.2, 0.25) is 0 Å². The van der Waals surface area contributed by atoms with Gasteiger partial charge in [0.25, 0.3) is 0 Å². The van der Waals surface area contributed by atoms with Gasteiger partial charge in [0.1, 0.15) is 0 Å². The van der Waals surface area contributed by atoms with Gasteiger partial charge in [-0.3, -0.25) is 9.80 Å². The number of likely N-dealkylation sites (tertiary alicyclic amines) is 1. The van der Waals surface area contributed by atoms with Gasteiger partial charge in [0, 0.05) is 42.5 Å². The highest BCUT2D eigenvalue weighted by molar-refractivity contribution is 6.05. The van der Waals surface area contributed by atoms with Crippen molar-refractivity contribution in [2.24, 2.45) is 23.2 Å². The van der Waals surface area contributed by atoms with E-state index in [2.05, 4.69) is 17.0 Å². The lowest BCUT2D eigenvalue weighted by Crippen LogP contribution is -2.74. The fourth-order valence-corrected chi connectivity index (χ4v) is 6.01. The molecule has 8 heteroatoms. The first-order valence-electron chi connectivity index (χ1n) is 9.21. The van der Waals surface area contributed by atoms with E-state index in [1.165, 1.54) is 14.2 Å². The topological polar surface area (TPSA) is 107 Å². The number of carbonyl (C=O) groups is 2. The molecule has 0 aromatic carbocycles. The first-order valence-corrected chi connectivity index (χ1v) is 9.21. The summed E-state index contributed by atoms with van der Waals surface area (Å²) in [6.07, 6.45) is 1.88. The molecular weight excluding hydrogens is 360 g/mol. The Morgan fingerprint density at radius 2 is 1.75 bits per heavy atom. The fourth-order valence-electron chi connectivity index (χ4n) is 6.01. The number of fused-ring (bicyclic) bond motifs is 2. The Morgan fingerprint density at radius 1 is 1.11 bits per heavy atom. The molecule has 3 aliphatic heterocycles. The predicted octanol–water partition coefficient (Wildman–Crippen LogP) is 0.0928. The molecule has 5 rings (SSSR count). The van der Waals surface area contributed by atoms with Crippen molar-refractivity contribution in [3.8, 4) is 12.1 Å². The lowest BCUT2D eigenvalue weighted by atomic mass is 9.44. The van der Waals surface area contributed by atoms with Crippen molar-refractivity contribution < 1.29 is 19.1 Å². The fraction of sp³-hybridized carbons (Fsp3) is 0.600. The molecule has 2 fully saturated rings. The van der Waals surface area contributed by atoms with Crippen LogP contribution in [0.5, 0.6) is 0 Å². The first-order chi connectivity index (χ1) is 13.4. The molecule has 6 atom stereocenters. The van der Waals surface area contributed by atoms with Crippen molar-refractivity contribution in [1.82, 2.24) is 9.80 Å². The maximum absolute atomic E-state index is 12.6. The van der Waals surface area contributed by atoms with Crippen molar-refractivity contribution in [2.75, 3.05) is 41.4 Å². The highest BCUT2D eigenvalue weighted by Gasteiger charge is 2.71. The maximum atomic E-state index is 12.6. The van der Waals surface area contributed by atoms with Crippen LogP contribution in [0.1, 0.15) is 0 Å². The van der Waals surface area contributed by atoms with Gasteiger partial charge in [0.2, 0.25) is 0 Å². The summed E-state index contributed by atoms with van der Waals surface area (Å²) in [6.45, 7) is 1.27. The van der Waals surface area contributed by atoms with E-state index in [4.69, 9.17) is 9.47 Å². The van der Waals surface area contributed by atoms with E-state index in [1.807, 2.05) is 25.1 Å². The summed E-state index contributed by atoms with van der Waals surface area (Å²) >= 11 is 0. The zero-order chi connectivity index (χ0) is 20.4. The molecule has 146 valence electrons. The summed E-state index contributed by atoms with van der Waals surface area (Å²) in [5, 5.41) is 20.0. The molecule has 2 saturated heterocycles. The number of ether oxygens (including phenoxy) is 2. The molecule has 0 aromatic heterocycles. The van der Waals surface area contributed by atoms with Crippen LogP contribution < -0.4 is 0 Å². The standard InChI is InChI=1S/C20H22N4O4/c1-23-7-11-10(6-21)5-13(23)20(9-22)12(11)8-24(2)17-15(19(26)28-4)14(16(17)20)18(25)27-3/h5,11-13,16-17H,7-8H2,1-4H3/t11-,12?,13+,16+,17-,20+/m1/s1. The van der Waals surface area contributed by atoms with Crippen molar-refractivity contribution in [3.63, 3.8) is 0 Å². The van der Waals surface area contributed by atoms with Crippen LogP contribution in [-0.4, -0.2) is 75.2 Å². The van der Waals surface area contributed by atoms with E-state index in [1.54, 1.807) is 0 Å². The molecule has 2 aliphatic carbocycles. The summed E-state index contributed by atoms with van der Waals surface area (Å²) < 4.78 is 9.88. The minimum Gasteiger partial charge on any atom is -0.466 e. The summed E-state index contributed by atoms with van der Waals surface area (Å²) in [5.41, 5.74) is 0.326. The molecule has 0 radical (unpaired) electrons. The molecule has 0 spiro atoms. The maximum Gasteiger partial charge on any atom is 0.335 e.